The van der Waals surface area contributed by atoms with Crippen LogP contribution in [-0.4, -0.2) is 28.9 Å². The lowest BCUT2D eigenvalue weighted by Crippen LogP contribution is -2.00. The Morgan fingerprint density at radius 2 is 1.54 bits per heavy atom. The number of nitrogens with zero attached hydrogens (tertiary/aromatic N) is 2. The van der Waals surface area contributed by atoms with E-state index in [1.807, 2.05) is 67.6 Å². The minimum absolute atomic E-state index is 0.0222. The van der Waals surface area contributed by atoms with E-state index in [2.05, 4.69) is 4.57 Å². The van der Waals surface area contributed by atoms with Crippen molar-refractivity contribution in [3.8, 4) is 39.9 Å². The number of carbonyl (C=O) groups excluding carboxylic acids is 1. The fourth-order valence-corrected chi connectivity index (χ4v) is 5.15. The monoisotopic (exact) mass is 464 g/mol. The molecule has 3 aromatic carbocycles. The maximum Gasteiger partial charge on any atom is 0.231 e. The normalized spacial score (nSPS) is 13.7. The van der Waals surface area contributed by atoms with Crippen LogP contribution < -0.4 is 18.9 Å². The summed E-state index contributed by atoms with van der Waals surface area (Å²) in [6.45, 7) is 3.96. The zero-order chi connectivity index (χ0) is 23.7. The molecule has 7 rings (SSSR count). The van der Waals surface area contributed by atoms with Crippen LogP contribution in [0.15, 0.2) is 60.7 Å². The van der Waals surface area contributed by atoms with Gasteiger partial charge in [-0.15, -0.1) is 0 Å². The van der Waals surface area contributed by atoms with E-state index < -0.39 is 0 Å². The molecular formula is C28H20N2O5. The van der Waals surface area contributed by atoms with E-state index >= 15 is 0 Å². The number of rotatable bonds is 3. The first-order valence-electron chi connectivity index (χ1n) is 11.3. The summed E-state index contributed by atoms with van der Waals surface area (Å²) >= 11 is 0. The Labute approximate surface area is 200 Å². The largest absolute Gasteiger partial charge is 0.454 e. The van der Waals surface area contributed by atoms with Crippen LogP contribution in [0.25, 0.3) is 38.8 Å². The highest BCUT2D eigenvalue weighted by Gasteiger charge is 2.26. The number of Topliss-reactive ketones (excluding diaryl/α,β-unsaturated/α-hetero) is 1. The van der Waals surface area contributed by atoms with Gasteiger partial charge in [-0.1, -0.05) is 18.2 Å². The lowest BCUT2D eigenvalue weighted by Gasteiger charge is -2.13. The Balaban J connectivity index is 1.63. The second kappa shape index (κ2) is 7.24. The van der Waals surface area contributed by atoms with E-state index in [4.69, 9.17) is 23.9 Å². The van der Waals surface area contributed by atoms with Gasteiger partial charge >= 0.3 is 0 Å². The van der Waals surface area contributed by atoms with Gasteiger partial charge < -0.3 is 23.5 Å². The SMILES string of the molecule is CC(=O)c1c(C)n(-c2ccc3c(c2)OCO3)c2c1c(-c1ccc3c(c1)OCO3)nc1ccccc12. The second-order valence-electron chi connectivity index (χ2n) is 8.66. The molecule has 4 heterocycles. The smallest absolute Gasteiger partial charge is 0.231 e. The minimum atomic E-state index is -0.0222. The topological polar surface area (TPSA) is 71.8 Å². The molecule has 172 valence electrons. The Hall–Kier alpha value is -4.52. The van der Waals surface area contributed by atoms with Gasteiger partial charge in [0.2, 0.25) is 13.6 Å². The maximum absolute atomic E-state index is 13.1. The summed E-state index contributed by atoms with van der Waals surface area (Å²) in [7, 11) is 0. The molecule has 5 aromatic rings. The molecule has 35 heavy (non-hydrogen) atoms. The molecule has 0 amide bonds. The summed E-state index contributed by atoms with van der Waals surface area (Å²) < 4.78 is 24.4. The maximum atomic E-state index is 13.1. The standard InChI is InChI=1S/C28H20N2O5/c1-15-25(16(2)31)26-27(17-7-9-21-23(11-17)34-13-32-21)29-20-6-4-3-5-19(20)28(26)30(15)18-8-10-22-24(12-18)35-14-33-22/h3-12H,13-14H2,1-2H3. The third kappa shape index (κ3) is 2.84. The first-order valence-corrected chi connectivity index (χ1v) is 11.3. The highest BCUT2D eigenvalue weighted by molar-refractivity contribution is 6.19. The van der Waals surface area contributed by atoms with Gasteiger partial charge in [-0.05, 0) is 50.2 Å². The van der Waals surface area contributed by atoms with Crippen molar-refractivity contribution < 1.29 is 23.7 Å². The van der Waals surface area contributed by atoms with Crippen LogP contribution in [0.4, 0.5) is 0 Å². The van der Waals surface area contributed by atoms with Crippen LogP contribution in [0.3, 0.4) is 0 Å². The van der Waals surface area contributed by atoms with Crippen LogP contribution in [0.2, 0.25) is 0 Å². The van der Waals surface area contributed by atoms with Crippen molar-refractivity contribution in [3.05, 3.63) is 71.9 Å². The lowest BCUT2D eigenvalue weighted by atomic mass is 9.99. The van der Waals surface area contributed by atoms with Crippen LogP contribution in [0, 0.1) is 6.92 Å². The summed E-state index contributed by atoms with van der Waals surface area (Å²) in [5.74, 6) is 2.74. The van der Waals surface area contributed by atoms with Gasteiger partial charge in [0.05, 0.1) is 16.7 Å². The number of fused-ring (bicyclic) bond motifs is 5. The van der Waals surface area contributed by atoms with Crippen molar-refractivity contribution in [2.24, 2.45) is 0 Å². The average Bonchev–Trinajstić information content (AvgIpc) is 3.59. The first-order chi connectivity index (χ1) is 17.1. The molecule has 2 aromatic heterocycles. The molecule has 0 spiro atoms. The molecule has 0 aliphatic carbocycles. The molecule has 2 aliphatic rings. The molecule has 0 saturated carbocycles. The van der Waals surface area contributed by atoms with Crippen molar-refractivity contribution in [2.75, 3.05) is 13.6 Å². The molecule has 0 unspecified atom stereocenters. The van der Waals surface area contributed by atoms with Gasteiger partial charge in [0, 0.05) is 39.3 Å². The van der Waals surface area contributed by atoms with Crippen LogP contribution in [0.1, 0.15) is 23.0 Å². The molecule has 2 aliphatic heterocycles. The highest BCUT2D eigenvalue weighted by Crippen LogP contribution is 2.43. The van der Waals surface area contributed by atoms with Crippen molar-refractivity contribution in [1.29, 1.82) is 0 Å². The van der Waals surface area contributed by atoms with Crippen LogP contribution in [-0.2, 0) is 0 Å². The van der Waals surface area contributed by atoms with Crippen molar-refractivity contribution in [1.82, 2.24) is 9.55 Å². The van der Waals surface area contributed by atoms with Gasteiger partial charge in [0.25, 0.3) is 0 Å². The third-order valence-electron chi connectivity index (χ3n) is 6.65. The van der Waals surface area contributed by atoms with Crippen LogP contribution >= 0.6 is 0 Å². The molecule has 0 bridgehead atoms. The zero-order valence-electron chi connectivity index (χ0n) is 19.1. The fraction of sp³-hybridized carbons (Fsp3) is 0.143. The Bertz CT molecular complexity index is 1700. The van der Waals surface area contributed by atoms with Crippen molar-refractivity contribution in [2.45, 2.75) is 13.8 Å². The van der Waals surface area contributed by atoms with Gasteiger partial charge in [0.1, 0.15) is 0 Å². The highest BCUT2D eigenvalue weighted by atomic mass is 16.7. The molecule has 0 fully saturated rings. The van der Waals surface area contributed by atoms with Gasteiger partial charge in [-0.2, -0.15) is 0 Å². The molecule has 0 saturated heterocycles. The summed E-state index contributed by atoms with van der Waals surface area (Å²) in [5, 5.41) is 1.77. The number of ether oxygens (including phenoxy) is 4. The zero-order valence-corrected chi connectivity index (χ0v) is 19.1. The number of para-hydroxylation sites is 1. The summed E-state index contributed by atoms with van der Waals surface area (Å²) in [4.78, 5) is 18.1. The summed E-state index contributed by atoms with van der Waals surface area (Å²) in [6, 6.07) is 19.6. The fourth-order valence-electron chi connectivity index (χ4n) is 5.15. The number of hydrogen-bond acceptors (Lipinski definition) is 6. The van der Waals surface area contributed by atoms with Gasteiger partial charge in [-0.25, -0.2) is 4.98 Å². The minimum Gasteiger partial charge on any atom is -0.454 e. The Morgan fingerprint density at radius 1 is 0.857 bits per heavy atom. The van der Waals surface area contributed by atoms with Crippen molar-refractivity contribution >= 4 is 27.6 Å². The van der Waals surface area contributed by atoms with E-state index in [0.29, 0.717) is 28.6 Å². The van der Waals surface area contributed by atoms with Crippen LogP contribution in [0.5, 0.6) is 23.0 Å². The predicted octanol–water partition coefficient (Wildman–Crippen LogP) is 5.81. The number of hydrogen-bond donors (Lipinski definition) is 0. The molecule has 7 heteroatoms. The Morgan fingerprint density at radius 3 is 2.31 bits per heavy atom. The van der Waals surface area contributed by atoms with E-state index in [1.165, 1.54) is 0 Å². The number of pyridine rings is 1. The van der Waals surface area contributed by atoms with E-state index in [9.17, 15) is 4.79 Å². The first kappa shape index (κ1) is 19.9. The van der Waals surface area contributed by atoms with E-state index in [1.54, 1.807) is 6.92 Å². The predicted molar refractivity (Wildman–Crippen MR) is 131 cm³/mol. The Kier molecular flexibility index (Phi) is 4.12. The lowest BCUT2D eigenvalue weighted by molar-refractivity contribution is 0.101. The van der Waals surface area contributed by atoms with E-state index in [0.717, 1.165) is 44.4 Å². The van der Waals surface area contributed by atoms with E-state index in [-0.39, 0.29) is 19.4 Å². The molecule has 0 atom stereocenters. The van der Waals surface area contributed by atoms with Crippen molar-refractivity contribution in [3.63, 3.8) is 0 Å². The molecule has 0 radical (unpaired) electrons. The molecular weight excluding hydrogens is 444 g/mol. The quantitative estimate of drug-likeness (QED) is 0.314. The number of benzene rings is 3. The third-order valence-corrected chi connectivity index (χ3v) is 6.65. The second-order valence-corrected chi connectivity index (χ2v) is 8.66. The summed E-state index contributed by atoms with van der Waals surface area (Å²) in [6.07, 6.45) is 0. The number of ketones is 1. The summed E-state index contributed by atoms with van der Waals surface area (Å²) in [5.41, 5.74) is 5.71. The molecule has 0 N–H and O–H groups in total. The molecule has 7 nitrogen and oxygen atoms in total. The number of aromatic nitrogens is 2. The number of carbonyl (C=O) groups is 1. The van der Waals surface area contributed by atoms with Gasteiger partial charge in [-0.3, -0.25) is 4.79 Å². The average molecular weight is 464 g/mol. The van der Waals surface area contributed by atoms with Gasteiger partial charge in [0.15, 0.2) is 28.8 Å².